The molecule has 2 rings (SSSR count). The molecule has 0 spiro atoms. The van der Waals surface area contributed by atoms with Gasteiger partial charge in [-0.1, -0.05) is 12.1 Å². The first kappa shape index (κ1) is 15.2. The van der Waals surface area contributed by atoms with Gasteiger partial charge in [0.1, 0.15) is 5.25 Å². The van der Waals surface area contributed by atoms with Crippen LogP contribution in [0, 0.1) is 0 Å². The summed E-state index contributed by atoms with van der Waals surface area (Å²) < 4.78 is 37.5. The molecule has 7 heteroatoms. The average molecular weight is 304 g/mol. The first-order valence-corrected chi connectivity index (χ1v) is 7.26. The molecule has 0 bridgehead atoms. The molecule has 1 fully saturated rings. The largest absolute Gasteiger partial charge is 0.416 e. The van der Waals surface area contributed by atoms with E-state index in [-0.39, 0.29) is 11.9 Å². The highest BCUT2D eigenvalue weighted by Crippen LogP contribution is 2.34. The minimum atomic E-state index is -4.36. The zero-order chi connectivity index (χ0) is 14.8. The molecule has 0 aliphatic carbocycles. The number of carbonyl (C=O) groups excluding carboxylic acids is 1. The highest BCUT2D eigenvalue weighted by molar-refractivity contribution is 8.00. The van der Waals surface area contributed by atoms with Crippen molar-refractivity contribution in [2.45, 2.75) is 23.9 Å². The van der Waals surface area contributed by atoms with Crippen LogP contribution in [-0.4, -0.2) is 24.2 Å². The van der Waals surface area contributed by atoms with Gasteiger partial charge in [-0.15, -0.1) is 11.8 Å². The van der Waals surface area contributed by atoms with E-state index in [0.717, 1.165) is 24.3 Å². The van der Waals surface area contributed by atoms with Crippen molar-refractivity contribution in [3.63, 3.8) is 0 Å². The highest BCUT2D eigenvalue weighted by Gasteiger charge is 2.31. The summed E-state index contributed by atoms with van der Waals surface area (Å²) in [6.45, 7) is 0.367. The molecule has 2 atom stereocenters. The lowest BCUT2D eigenvalue weighted by Crippen LogP contribution is -2.40. The number of carbonyl (C=O) groups is 1. The van der Waals surface area contributed by atoms with E-state index in [9.17, 15) is 18.0 Å². The number of benzene rings is 1. The van der Waals surface area contributed by atoms with Crippen molar-refractivity contribution in [3.05, 3.63) is 35.4 Å². The van der Waals surface area contributed by atoms with E-state index in [1.807, 2.05) is 0 Å². The highest BCUT2D eigenvalue weighted by atomic mass is 32.2. The van der Waals surface area contributed by atoms with Crippen LogP contribution in [0.5, 0.6) is 0 Å². The van der Waals surface area contributed by atoms with Crippen LogP contribution in [-0.2, 0) is 11.0 Å². The smallest absolute Gasteiger partial charge is 0.351 e. The topological polar surface area (TPSA) is 55.1 Å². The van der Waals surface area contributed by atoms with Crippen LogP contribution in [0.3, 0.4) is 0 Å². The Balaban J connectivity index is 2.16. The number of nitrogens with two attached hydrogens (primary N) is 1. The fourth-order valence-electron chi connectivity index (χ4n) is 2.02. The summed E-state index contributed by atoms with van der Waals surface area (Å²) >= 11 is 1.43. The van der Waals surface area contributed by atoms with Crippen molar-refractivity contribution in [1.29, 1.82) is 0 Å². The molecule has 1 aliphatic rings. The first-order chi connectivity index (χ1) is 9.41. The number of thioether (sulfide) groups is 1. The van der Waals surface area contributed by atoms with Crippen LogP contribution in [0.25, 0.3) is 0 Å². The minimum absolute atomic E-state index is 0.0607. The molecule has 1 aliphatic heterocycles. The Bertz CT molecular complexity index is 475. The maximum atomic E-state index is 12.5. The second kappa shape index (κ2) is 6.05. The number of alkyl halides is 3. The number of hydrogen-bond acceptors (Lipinski definition) is 3. The number of halogens is 3. The lowest BCUT2D eigenvalue weighted by molar-refractivity contribution is -0.137. The summed E-state index contributed by atoms with van der Waals surface area (Å²) in [7, 11) is 0. The molecule has 3 nitrogen and oxygen atoms in total. The van der Waals surface area contributed by atoms with E-state index in [2.05, 4.69) is 5.32 Å². The molecule has 0 radical (unpaired) electrons. The van der Waals surface area contributed by atoms with E-state index in [1.54, 1.807) is 0 Å². The van der Waals surface area contributed by atoms with Crippen LogP contribution in [0.4, 0.5) is 13.2 Å². The fourth-order valence-corrected chi connectivity index (χ4v) is 3.25. The van der Waals surface area contributed by atoms with Crippen LogP contribution in [0.1, 0.15) is 22.8 Å². The molecule has 1 amide bonds. The number of hydrogen-bond donors (Lipinski definition) is 2. The Hall–Kier alpha value is -1.21. The lowest BCUT2D eigenvalue weighted by atomic mass is 10.1. The van der Waals surface area contributed by atoms with E-state index in [0.29, 0.717) is 12.1 Å². The van der Waals surface area contributed by atoms with Crippen molar-refractivity contribution in [3.8, 4) is 0 Å². The van der Waals surface area contributed by atoms with Gasteiger partial charge >= 0.3 is 6.18 Å². The molecule has 110 valence electrons. The zero-order valence-corrected chi connectivity index (χ0v) is 11.4. The van der Waals surface area contributed by atoms with E-state index in [4.69, 9.17) is 5.73 Å². The summed E-state index contributed by atoms with van der Waals surface area (Å²) in [5, 5.41) is 2.34. The molecular weight excluding hydrogens is 289 g/mol. The van der Waals surface area contributed by atoms with E-state index < -0.39 is 17.0 Å². The SMILES string of the molecule is NC[C@@H]1CCS[C@H](c2ccc(C(F)(F)F)cc2)C(=O)N1. The maximum Gasteiger partial charge on any atom is 0.416 e. The van der Waals surface area contributed by atoms with Gasteiger partial charge in [0.05, 0.1) is 5.56 Å². The van der Waals surface area contributed by atoms with Gasteiger partial charge in [0.25, 0.3) is 0 Å². The Labute approximate surface area is 119 Å². The molecule has 1 heterocycles. The van der Waals surface area contributed by atoms with Crippen LogP contribution >= 0.6 is 11.8 Å². The minimum Gasteiger partial charge on any atom is -0.351 e. The third kappa shape index (κ3) is 3.46. The van der Waals surface area contributed by atoms with E-state index >= 15 is 0 Å². The second-order valence-corrected chi connectivity index (χ2v) is 5.81. The van der Waals surface area contributed by atoms with Crippen LogP contribution in [0.15, 0.2) is 24.3 Å². The summed E-state index contributed by atoms with van der Waals surface area (Å²) in [5.41, 5.74) is 5.41. The van der Waals surface area contributed by atoms with Crippen molar-refractivity contribution in [2.75, 3.05) is 12.3 Å². The standard InChI is InChI=1S/C13H15F3N2OS/c14-13(15,16)9-3-1-8(2-4-9)11-12(19)18-10(7-17)5-6-20-11/h1-4,10-11H,5-7,17H2,(H,18,19)/t10-,11+/m0/s1. The number of nitrogens with one attached hydrogen (secondary N) is 1. The molecule has 0 unspecified atom stereocenters. The van der Waals surface area contributed by atoms with Gasteiger partial charge < -0.3 is 11.1 Å². The van der Waals surface area contributed by atoms with Crippen molar-refractivity contribution >= 4 is 17.7 Å². The monoisotopic (exact) mass is 304 g/mol. The Kier molecular flexibility index (Phi) is 4.59. The molecular formula is C13H15F3N2OS. The predicted molar refractivity (Wildman–Crippen MR) is 72.2 cm³/mol. The third-order valence-corrected chi connectivity index (χ3v) is 4.45. The van der Waals surface area contributed by atoms with Gasteiger partial charge in [0, 0.05) is 12.6 Å². The lowest BCUT2D eigenvalue weighted by Gasteiger charge is -2.16. The van der Waals surface area contributed by atoms with Crippen LogP contribution in [0.2, 0.25) is 0 Å². The van der Waals surface area contributed by atoms with Gasteiger partial charge in [-0.25, -0.2) is 0 Å². The molecule has 3 N–H and O–H groups in total. The second-order valence-electron chi connectivity index (χ2n) is 4.60. The van der Waals surface area contributed by atoms with Gasteiger partial charge in [0.15, 0.2) is 0 Å². The Morgan fingerprint density at radius 2 is 1.95 bits per heavy atom. The third-order valence-electron chi connectivity index (χ3n) is 3.16. The molecule has 0 saturated carbocycles. The van der Waals surface area contributed by atoms with Gasteiger partial charge in [0.2, 0.25) is 5.91 Å². The van der Waals surface area contributed by atoms with Crippen LogP contribution < -0.4 is 11.1 Å². The number of amides is 1. The molecule has 1 aromatic rings. The normalized spacial score (nSPS) is 24.1. The molecule has 20 heavy (non-hydrogen) atoms. The summed E-state index contributed by atoms with van der Waals surface area (Å²) in [6.07, 6.45) is -3.59. The van der Waals surface area contributed by atoms with Gasteiger partial charge in [-0.3, -0.25) is 4.79 Å². The zero-order valence-electron chi connectivity index (χ0n) is 10.6. The predicted octanol–water partition coefficient (Wildman–Crippen LogP) is 2.33. The van der Waals surface area contributed by atoms with Gasteiger partial charge in [-0.05, 0) is 29.9 Å². The van der Waals surface area contributed by atoms with Crippen molar-refractivity contribution in [1.82, 2.24) is 5.32 Å². The quantitative estimate of drug-likeness (QED) is 0.881. The Morgan fingerprint density at radius 1 is 1.30 bits per heavy atom. The summed E-state index contributed by atoms with van der Waals surface area (Å²) in [5.74, 6) is 0.550. The average Bonchev–Trinajstić information content (AvgIpc) is 2.59. The molecule has 1 aromatic carbocycles. The van der Waals surface area contributed by atoms with Gasteiger partial charge in [-0.2, -0.15) is 13.2 Å². The van der Waals surface area contributed by atoms with Crippen molar-refractivity contribution < 1.29 is 18.0 Å². The summed E-state index contributed by atoms with van der Waals surface area (Å²) in [4.78, 5) is 12.1. The Morgan fingerprint density at radius 3 is 2.50 bits per heavy atom. The van der Waals surface area contributed by atoms with Crippen molar-refractivity contribution in [2.24, 2.45) is 5.73 Å². The molecule has 1 saturated heterocycles. The fraction of sp³-hybridized carbons (Fsp3) is 0.462. The van der Waals surface area contributed by atoms with E-state index in [1.165, 1.54) is 23.9 Å². The molecule has 0 aromatic heterocycles. The first-order valence-electron chi connectivity index (χ1n) is 6.21. The number of rotatable bonds is 2. The summed E-state index contributed by atoms with van der Waals surface area (Å²) in [6, 6.07) is 4.68. The maximum absolute atomic E-state index is 12.5.